The van der Waals surface area contributed by atoms with Gasteiger partial charge in [0.25, 0.3) is 0 Å². The molecule has 1 aliphatic rings. The van der Waals surface area contributed by atoms with Gasteiger partial charge in [-0.3, -0.25) is 9.59 Å². The van der Waals surface area contributed by atoms with Gasteiger partial charge < -0.3 is 14.5 Å². The summed E-state index contributed by atoms with van der Waals surface area (Å²) in [5.74, 6) is -0.598. The number of amides is 1. The first kappa shape index (κ1) is 20.5. The van der Waals surface area contributed by atoms with E-state index in [2.05, 4.69) is 15.3 Å². The van der Waals surface area contributed by atoms with Crippen LogP contribution in [0.1, 0.15) is 25.5 Å². The zero-order chi connectivity index (χ0) is 19.9. The third kappa shape index (κ3) is 4.77. The van der Waals surface area contributed by atoms with E-state index < -0.39 is 0 Å². The first-order valence-electron chi connectivity index (χ1n) is 9.68. The van der Waals surface area contributed by atoms with Crippen LogP contribution in [0.5, 0.6) is 0 Å². The normalized spacial score (nSPS) is 19.9. The topological polar surface area (TPSA) is 62.7 Å². The van der Waals surface area contributed by atoms with Crippen molar-refractivity contribution in [2.75, 3.05) is 31.6 Å². The molecule has 2 heterocycles. The first-order chi connectivity index (χ1) is 13.6. The number of hydrogen-bond acceptors (Lipinski definition) is 6. The highest BCUT2D eigenvalue weighted by Gasteiger charge is 2.40. The Balaban J connectivity index is 1.78. The van der Waals surface area contributed by atoms with Crippen LogP contribution in [0.25, 0.3) is 0 Å². The van der Waals surface area contributed by atoms with Crippen molar-refractivity contribution in [3.8, 4) is 0 Å². The van der Waals surface area contributed by atoms with Crippen molar-refractivity contribution in [1.29, 1.82) is 0 Å². The largest absolute Gasteiger partial charge is 0.469 e. The molecular formula is C21H27N3O3S. The number of carbonyl (C=O) groups is 2. The van der Waals surface area contributed by atoms with E-state index in [1.165, 1.54) is 7.11 Å². The van der Waals surface area contributed by atoms with E-state index in [1.807, 2.05) is 42.8 Å². The second-order valence-electron chi connectivity index (χ2n) is 6.97. The van der Waals surface area contributed by atoms with Crippen molar-refractivity contribution >= 4 is 28.9 Å². The number of methoxy groups -OCH3 is 1. The Morgan fingerprint density at radius 1 is 1.32 bits per heavy atom. The molecule has 0 saturated carbocycles. The average molecular weight is 402 g/mol. The smallest absolute Gasteiger partial charge is 0.312 e. The molecule has 1 amide bonds. The summed E-state index contributed by atoms with van der Waals surface area (Å²) < 4.78 is 5.10. The van der Waals surface area contributed by atoms with Crippen LogP contribution in [0.15, 0.2) is 41.2 Å². The van der Waals surface area contributed by atoms with Gasteiger partial charge in [0, 0.05) is 43.5 Å². The first-order valence-corrected chi connectivity index (χ1v) is 10.6. The highest BCUT2D eigenvalue weighted by atomic mass is 32.1. The van der Waals surface area contributed by atoms with Gasteiger partial charge in [-0.2, -0.15) is 0 Å². The van der Waals surface area contributed by atoms with Crippen LogP contribution in [0, 0.1) is 5.92 Å². The molecule has 28 heavy (non-hydrogen) atoms. The lowest BCUT2D eigenvalue weighted by Crippen LogP contribution is -2.56. The fourth-order valence-corrected chi connectivity index (χ4v) is 4.41. The molecule has 3 rings (SSSR count). The van der Waals surface area contributed by atoms with E-state index in [-0.39, 0.29) is 23.8 Å². The molecule has 0 N–H and O–H groups in total. The predicted octanol–water partition coefficient (Wildman–Crippen LogP) is 2.99. The molecule has 0 bridgehead atoms. The van der Waals surface area contributed by atoms with Gasteiger partial charge in [-0.05, 0) is 18.6 Å². The molecule has 2 atom stereocenters. The number of thiazole rings is 1. The Morgan fingerprint density at radius 2 is 2.11 bits per heavy atom. The Kier molecular flexibility index (Phi) is 7.17. The number of benzene rings is 1. The summed E-state index contributed by atoms with van der Waals surface area (Å²) in [5.41, 5.74) is 3.76. The Morgan fingerprint density at radius 3 is 2.75 bits per heavy atom. The SMILES string of the molecule is CCC(=O)N(c1ccccc1)C1CCN(CCc2cscn2)CC1C(=O)OC. The number of rotatable bonds is 7. The number of esters is 1. The third-order valence-corrected chi connectivity index (χ3v) is 5.90. The maximum atomic E-state index is 12.8. The maximum Gasteiger partial charge on any atom is 0.312 e. The number of aromatic nitrogens is 1. The number of likely N-dealkylation sites (tertiary alicyclic amines) is 1. The van der Waals surface area contributed by atoms with Gasteiger partial charge in [0.15, 0.2) is 0 Å². The minimum atomic E-state index is -0.370. The van der Waals surface area contributed by atoms with E-state index in [9.17, 15) is 9.59 Å². The van der Waals surface area contributed by atoms with E-state index in [0.717, 1.165) is 37.3 Å². The lowest BCUT2D eigenvalue weighted by molar-refractivity contribution is -0.148. The quantitative estimate of drug-likeness (QED) is 0.668. The van der Waals surface area contributed by atoms with Crippen LogP contribution in [-0.4, -0.2) is 54.5 Å². The fraction of sp³-hybridized carbons (Fsp3) is 0.476. The van der Waals surface area contributed by atoms with Crippen molar-refractivity contribution in [2.45, 2.75) is 32.2 Å². The summed E-state index contributed by atoms with van der Waals surface area (Å²) in [6.07, 6.45) is 1.99. The van der Waals surface area contributed by atoms with Crippen LogP contribution < -0.4 is 4.90 Å². The van der Waals surface area contributed by atoms with Crippen molar-refractivity contribution < 1.29 is 14.3 Å². The zero-order valence-corrected chi connectivity index (χ0v) is 17.2. The Hall–Kier alpha value is -2.25. The molecule has 0 aliphatic carbocycles. The minimum Gasteiger partial charge on any atom is -0.469 e. The van der Waals surface area contributed by atoms with E-state index in [1.54, 1.807) is 16.2 Å². The number of anilines is 1. The third-order valence-electron chi connectivity index (χ3n) is 5.27. The second-order valence-corrected chi connectivity index (χ2v) is 7.69. The van der Waals surface area contributed by atoms with Crippen LogP contribution in [0.4, 0.5) is 5.69 Å². The summed E-state index contributed by atoms with van der Waals surface area (Å²) in [4.78, 5) is 33.8. The van der Waals surface area contributed by atoms with Gasteiger partial charge in [0.1, 0.15) is 0 Å². The molecular weight excluding hydrogens is 374 g/mol. The van der Waals surface area contributed by atoms with Gasteiger partial charge in [0.2, 0.25) is 5.91 Å². The molecule has 0 spiro atoms. The van der Waals surface area contributed by atoms with Gasteiger partial charge in [-0.15, -0.1) is 11.3 Å². The van der Waals surface area contributed by atoms with E-state index in [0.29, 0.717) is 13.0 Å². The lowest BCUT2D eigenvalue weighted by Gasteiger charge is -2.42. The van der Waals surface area contributed by atoms with Crippen molar-refractivity contribution in [3.63, 3.8) is 0 Å². The number of para-hydroxylation sites is 1. The predicted molar refractivity (Wildman–Crippen MR) is 110 cm³/mol. The Labute approximate surface area is 170 Å². The average Bonchev–Trinajstić information content (AvgIpc) is 3.26. The number of ether oxygens (including phenoxy) is 1. The van der Waals surface area contributed by atoms with Crippen LogP contribution in [-0.2, 0) is 20.7 Å². The molecule has 0 radical (unpaired) electrons. The van der Waals surface area contributed by atoms with E-state index in [4.69, 9.17) is 4.74 Å². The van der Waals surface area contributed by atoms with Gasteiger partial charge >= 0.3 is 5.97 Å². The molecule has 1 aromatic carbocycles. The molecule has 2 unspecified atom stereocenters. The maximum absolute atomic E-state index is 12.8. The monoisotopic (exact) mass is 401 g/mol. The number of hydrogen-bond donors (Lipinski definition) is 0. The second kappa shape index (κ2) is 9.80. The standard InChI is InChI=1S/C21H27N3O3S/c1-3-20(25)24(17-7-5-4-6-8-17)19-10-12-23(13-18(19)21(26)27-2)11-9-16-14-28-15-22-16/h4-8,14-15,18-19H,3,9-13H2,1-2H3. The van der Waals surface area contributed by atoms with Gasteiger partial charge in [-0.25, -0.2) is 4.98 Å². The molecule has 7 heteroatoms. The summed E-state index contributed by atoms with van der Waals surface area (Å²) >= 11 is 1.59. The molecule has 1 aliphatic heterocycles. The van der Waals surface area contributed by atoms with Gasteiger partial charge in [0.05, 0.1) is 30.3 Å². The van der Waals surface area contributed by atoms with E-state index >= 15 is 0 Å². The van der Waals surface area contributed by atoms with Crippen LogP contribution >= 0.6 is 11.3 Å². The van der Waals surface area contributed by atoms with Gasteiger partial charge in [-0.1, -0.05) is 25.1 Å². The van der Waals surface area contributed by atoms with Crippen molar-refractivity contribution in [2.24, 2.45) is 5.92 Å². The van der Waals surface area contributed by atoms with Crippen molar-refractivity contribution in [1.82, 2.24) is 9.88 Å². The Bertz CT molecular complexity index is 766. The molecule has 1 fully saturated rings. The highest BCUT2D eigenvalue weighted by molar-refractivity contribution is 7.07. The molecule has 2 aromatic rings. The minimum absolute atomic E-state index is 0.0287. The molecule has 1 aromatic heterocycles. The van der Waals surface area contributed by atoms with Crippen LogP contribution in [0.2, 0.25) is 0 Å². The summed E-state index contributed by atoms with van der Waals surface area (Å²) in [7, 11) is 1.42. The number of carbonyl (C=O) groups excluding carboxylic acids is 2. The van der Waals surface area contributed by atoms with Crippen LogP contribution in [0.3, 0.4) is 0 Å². The number of nitrogens with zero attached hydrogens (tertiary/aromatic N) is 3. The molecule has 6 nitrogen and oxygen atoms in total. The van der Waals surface area contributed by atoms with Crippen molar-refractivity contribution in [3.05, 3.63) is 46.9 Å². The molecule has 1 saturated heterocycles. The fourth-order valence-electron chi connectivity index (χ4n) is 3.82. The summed E-state index contributed by atoms with van der Waals surface area (Å²) in [5, 5.41) is 2.06. The summed E-state index contributed by atoms with van der Waals surface area (Å²) in [6.45, 7) is 4.12. The summed E-state index contributed by atoms with van der Waals surface area (Å²) in [6, 6.07) is 9.42. The number of piperidine rings is 1. The highest BCUT2D eigenvalue weighted by Crippen LogP contribution is 2.29. The molecule has 150 valence electrons. The zero-order valence-electron chi connectivity index (χ0n) is 16.4. The lowest BCUT2D eigenvalue weighted by atomic mass is 9.89.